The lowest BCUT2D eigenvalue weighted by molar-refractivity contribution is 0.672. The van der Waals surface area contributed by atoms with Crippen molar-refractivity contribution in [1.29, 1.82) is 0 Å². The van der Waals surface area contributed by atoms with Crippen LogP contribution in [0.15, 0.2) is 18.3 Å². The van der Waals surface area contributed by atoms with Gasteiger partial charge < -0.3 is 0 Å². The van der Waals surface area contributed by atoms with Gasteiger partial charge in [-0.05, 0) is 49.7 Å². The van der Waals surface area contributed by atoms with Crippen LogP contribution in [-0.4, -0.2) is 4.98 Å². The second-order valence-electron chi connectivity index (χ2n) is 4.32. The van der Waals surface area contributed by atoms with E-state index in [1.807, 2.05) is 13.1 Å². The monoisotopic (exact) mass is 175 g/mol. The van der Waals surface area contributed by atoms with Crippen molar-refractivity contribution in [2.24, 2.45) is 11.8 Å². The molecule has 1 aromatic heterocycles. The third kappa shape index (κ3) is 2.30. The Hall–Kier alpha value is -0.850. The second-order valence-corrected chi connectivity index (χ2v) is 4.32. The van der Waals surface area contributed by atoms with Crippen LogP contribution in [0.2, 0.25) is 0 Å². The largest absolute Gasteiger partial charge is 0.261 e. The average molecular weight is 175 g/mol. The Balaban J connectivity index is 1.84. The smallest absolute Gasteiger partial charge is 0.0372 e. The van der Waals surface area contributed by atoms with Gasteiger partial charge in [-0.15, -0.1) is 0 Å². The molecule has 0 aromatic carbocycles. The number of rotatable bonds is 3. The Morgan fingerprint density at radius 3 is 2.77 bits per heavy atom. The number of pyridine rings is 1. The fraction of sp³-hybridized carbons (Fsp3) is 0.583. The predicted octanol–water partition coefficient (Wildman–Crippen LogP) is 2.98. The van der Waals surface area contributed by atoms with Gasteiger partial charge >= 0.3 is 0 Å². The molecular weight excluding hydrogens is 158 g/mol. The van der Waals surface area contributed by atoms with E-state index in [2.05, 4.69) is 24.0 Å². The molecule has 1 heteroatoms. The van der Waals surface area contributed by atoms with Crippen LogP contribution in [0.25, 0.3) is 0 Å². The molecule has 1 nitrogen and oxygen atoms in total. The van der Waals surface area contributed by atoms with Gasteiger partial charge in [-0.3, -0.25) is 4.98 Å². The summed E-state index contributed by atoms with van der Waals surface area (Å²) in [5.74, 6) is 1.99. The number of hydrogen-bond donors (Lipinski definition) is 0. The number of hydrogen-bond acceptors (Lipinski definition) is 1. The van der Waals surface area contributed by atoms with E-state index in [9.17, 15) is 0 Å². The fourth-order valence-electron chi connectivity index (χ4n) is 1.80. The Morgan fingerprint density at radius 1 is 1.46 bits per heavy atom. The third-order valence-corrected chi connectivity index (χ3v) is 3.05. The predicted molar refractivity (Wildman–Crippen MR) is 54.6 cm³/mol. The van der Waals surface area contributed by atoms with E-state index in [0.29, 0.717) is 0 Å². The van der Waals surface area contributed by atoms with Crippen LogP contribution in [0.5, 0.6) is 0 Å². The van der Waals surface area contributed by atoms with Gasteiger partial charge in [0, 0.05) is 11.9 Å². The molecule has 0 radical (unpaired) electrons. The molecule has 2 atom stereocenters. The summed E-state index contributed by atoms with van der Waals surface area (Å²) in [6.07, 6.45) is 6.02. The van der Waals surface area contributed by atoms with E-state index in [4.69, 9.17) is 0 Å². The summed E-state index contributed by atoms with van der Waals surface area (Å²) < 4.78 is 0. The summed E-state index contributed by atoms with van der Waals surface area (Å²) in [5.41, 5.74) is 2.51. The van der Waals surface area contributed by atoms with Crippen LogP contribution in [0, 0.1) is 18.8 Å². The average Bonchev–Trinajstić information content (AvgIpc) is 2.81. The summed E-state index contributed by atoms with van der Waals surface area (Å²) in [6, 6.07) is 4.31. The highest BCUT2D eigenvalue weighted by molar-refractivity contribution is 5.13. The molecule has 0 spiro atoms. The number of aryl methyl sites for hydroxylation is 2. The van der Waals surface area contributed by atoms with Gasteiger partial charge in [0.15, 0.2) is 0 Å². The maximum atomic E-state index is 4.30. The fourth-order valence-corrected chi connectivity index (χ4v) is 1.80. The molecule has 1 aliphatic rings. The van der Waals surface area contributed by atoms with Gasteiger partial charge in [-0.1, -0.05) is 13.0 Å². The molecule has 1 heterocycles. The maximum Gasteiger partial charge on any atom is 0.0372 e. The number of nitrogens with zero attached hydrogens (tertiary/aromatic N) is 1. The normalized spacial score (nSPS) is 26.0. The molecule has 2 rings (SSSR count). The molecule has 70 valence electrons. The molecule has 0 bridgehead atoms. The second kappa shape index (κ2) is 3.49. The van der Waals surface area contributed by atoms with Crippen molar-refractivity contribution in [3.63, 3.8) is 0 Å². The van der Waals surface area contributed by atoms with E-state index in [-0.39, 0.29) is 0 Å². The summed E-state index contributed by atoms with van der Waals surface area (Å²) in [7, 11) is 0. The molecule has 1 saturated carbocycles. The SMILES string of the molecule is Cc1ccc(CCC2CC2C)cn1. The molecule has 0 aliphatic heterocycles. The van der Waals surface area contributed by atoms with Crippen LogP contribution in [-0.2, 0) is 6.42 Å². The van der Waals surface area contributed by atoms with Crippen molar-refractivity contribution in [2.45, 2.75) is 33.1 Å². The molecule has 1 aliphatic carbocycles. The van der Waals surface area contributed by atoms with Gasteiger partial charge in [0.1, 0.15) is 0 Å². The Morgan fingerprint density at radius 2 is 2.23 bits per heavy atom. The van der Waals surface area contributed by atoms with Gasteiger partial charge in [-0.25, -0.2) is 0 Å². The highest BCUT2D eigenvalue weighted by atomic mass is 14.7. The summed E-state index contributed by atoms with van der Waals surface area (Å²) in [4.78, 5) is 4.30. The first-order valence-corrected chi connectivity index (χ1v) is 5.17. The maximum absolute atomic E-state index is 4.30. The lowest BCUT2D eigenvalue weighted by Crippen LogP contribution is -1.90. The van der Waals surface area contributed by atoms with Gasteiger partial charge in [0.2, 0.25) is 0 Å². The minimum atomic E-state index is 0.985. The van der Waals surface area contributed by atoms with Crippen LogP contribution in [0.1, 0.15) is 31.0 Å². The highest BCUT2D eigenvalue weighted by Gasteiger charge is 2.31. The molecule has 0 saturated heterocycles. The van der Waals surface area contributed by atoms with Crippen molar-refractivity contribution < 1.29 is 0 Å². The standard InChI is InChI=1S/C12H17N/c1-9-7-12(9)6-5-11-4-3-10(2)13-8-11/h3-4,8-9,12H,5-7H2,1-2H3. The van der Waals surface area contributed by atoms with Crippen molar-refractivity contribution in [3.8, 4) is 0 Å². The third-order valence-electron chi connectivity index (χ3n) is 3.05. The minimum absolute atomic E-state index is 0.985. The molecule has 2 unspecified atom stereocenters. The molecule has 13 heavy (non-hydrogen) atoms. The van der Waals surface area contributed by atoms with Gasteiger partial charge in [-0.2, -0.15) is 0 Å². The Bertz CT molecular complexity index is 276. The first-order valence-electron chi connectivity index (χ1n) is 5.17. The first kappa shape index (κ1) is 8.74. The van der Waals surface area contributed by atoms with E-state index in [0.717, 1.165) is 17.5 Å². The van der Waals surface area contributed by atoms with Crippen LogP contribution >= 0.6 is 0 Å². The zero-order chi connectivity index (χ0) is 9.26. The van der Waals surface area contributed by atoms with Crippen molar-refractivity contribution >= 4 is 0 Å². The molecule has 1 aromatic rings. The first-order chi connectivity index (χ1) is 6.25. The van der Waals surface area contributed by atoms with Crippen molar-refractivity contribution in [3.05, 3.63) is 29.6 Å². The van der Waals surface area contributed by atoms with E-state index in [1.54, 1.807) is 0 Å². The quantitative estimate of drug-likeness (QED) is 0.688. The minimum Gasteiger partial charge on any atom is -0.261 e. The van der Waals surface area contributed by atoms with Crippen LogP contribution < -0.4 is 0 Å². The zero-order valence-electron chi connectivity index (χ0n) is 8.46. The van der Waals surface area contributed by atoms with Gasteiger partial charge in [0.05, 0.1) is 0 Å². The number of aromatic nitrogens is 1. The topological polar surface area (TPSA) is 12.9 Å². The van der Waals surface area contributed by atoms with Crippen molar-refractivity contribution in [2.75, 3.05) is 0 Å². The molecule has 1 fully saturated rings. The van der Waals surface area contributed by atoms with Crippen LogP contribution in [0.3, 0.4) is 0 Å². The molecular formula is C12H17N. The lowest BCUT2D eigenvalue weighted by atomic mass is 10.1. The van der Waals surface area contributed by atoms with E-state index >= 15 is 0 Å². The summed E-state index contributed by atoms with van der Waals surface area (Å²) in [6.45, 7) is 4.38. The van der Waals surface area contributed by atoms with E-state index < -0.39 is 0 Å². The van der Waals surface area contributed by atoms with Crippen molar-refractivity contribution in [1.82, 2.24) is 4.98 Å². The van der Waals surface area contributed by atoms with E-state index in [1.165, 1.54) is 24.8 Å². The zero-order valence-corrected chi connectivity index (χ0v) is 8.46. The van der Waals surface area contributed by atoms with Crippen LogP contribution in [0.4, 0.5) is 0 Å². The highest BCUT2D eigenvalue weighted by Crippen LogP contribution is 2.41. The Labute approximate surface area is 80.2 Å². The molecule has 0 amide bonds. The molecule has 0 N–H and O–H groups in total. The Kier molecular flexibility index (Phi) is 2.34. The van der Waals surface area contributed by atoms with Gasteiger partial charge in [0.25, 0.3) is 0 Å². The lowest BCUT2D eigenvalue weighted by Gasteiger charge is -2.00. The summed E-state index contributed by atoms with van der Waals surface area (Å²) >= 11 is 0. The summed E-state index contributed by atoms with van der Waals surface area (Å²) in [5, 5.41) is 0.